The van der Waals surface area contributed by atoms with Crippen molar-refractivity contribution in [1.82, 2.24) is 14.7 Å². The van der Waals surface area contributed by atoms with E-state index in [9.17, 15) is 14.4 Å². The molecule has 3 aliphatic heterocycles. The van der Waals surface area contributed by atoms with Crippen LogP contribution in [-0.4, -0.2) is 84.2 Å². The minimum absolute atomic E-state index is 0.0145. The number of hydrogen-bond acceptors (Lipinski definition) is 9. The van der Waals surface area contributed by atoms with E-state index in [2.05, 4.69) is 0 Å². The maximum absolute atomic E-state index is 13.4. The van der Waals surface area contributed by atoms with Gasteiger partial charge in [0.2, 0.25) is 11.8 Å². The van der Waals surface area contributed by atoms with Gasteiger partial charge in [-0.05, 0) is 43.9 Å². The molecule has 0 saturated carbocycles. The molecule has 0 aliphatic carbocycles. The first-order chi connectivity index (χ1) is 18.1. The van der Waals surface area contributed by atoms with E-state index in [1.165, 1.54) is 11.8 Å². The number of ether oxygens (including phenoxy) is 3. The van der Waals surface area contributed by atoms with Crippen molar-refractivity contribution in [2.75, 3.05) is 40.4 Å². The van der Waals surface area contributed by atoms with E-state index in [0.717, 1.165) is 11.3 Å². The lowest BCUT2D eigenvalue weighted by molar-refractivity contribution is -0.143. The average molecular weight is 543 g/mol. The molecular formula is C27H34N4O6S. The summed E-state index contributed by atoms with van der Waals surface area (Å²) in [5.41, 5.74) is 2.44. The molecule has 0 radical (unpaired) electrons. The topological polar surface area (TPSA) is 101 Å². The molecule has 1 unspecified atom stereocenters. The summed E-state index contributed by atoms with van der Waals surface area (Å²) in [6, 6.07) is 4.88. The molecule has 4 rings (SSSR count). The van der Waals surface area contributed by atoms with Crippen molar-refractivity contribution in [2.24, 2.45) is 4.99 Å². The van der Waals surface area contributed by atoms with E-state index in [0.29, 0.717) is 54.1 Å². The van der Waals surface area contributed by atoms with Crippen LogP contribution in [0.4, 0.5) is 0 Å². The van der Waals surface area contributed by atoms with Crippen LogP contribution in [0, 0.1) is 0 Å². The van der Waals surface area contributed by atoms with E-state index in [4.69, 9.17) is 19.2 Å². The Morgan fingerprint density at radius 2 is 1.63 bits per heavy atom. The second kappa shape index (κ2) is 11.5. The number of allylic oxidation sites excluding steroid dienone is 1. The molecule has 1 aromatic rings. The molecule has 1 atom stereocenters. The molecule has 3 heterocycles. The Morgan fingerprint density at radius 1 is 1.03 bits per heavy atom. The molecule has 38 heavy (non-hydrogen) atoms. The van der Waals surface area contributed by atoms with Crippen molar-refractivity contribution >= 4 is 34.7 Å². The lowest BCUT2D eigenvalue weighted by Gasteiger charge is -2.38. The second-order valence-corrected chi connectivity index (χ2v) is 10.4. The summed E-state index contributed by atoms with van der Waals surface area (Å²) in [4.78, 5) is 48.6. The largest absolute Gasteiger partial charge is 0.497 e. The summed E-state index contributed by atoms with van der Waals surface area (Å²) in [6.07, 6.45) is -0.179. The van der Waals surface area contributed by atoms with Crippen molar-refractivity contribution < 1.29 is 28.6 Å². The van der Waals surface area contributed by atoms with Crippen LogP contribution in [0.5, 0.6) is 11.5 Å². The Hall–Kier alpha value is -3.47. The molecule has 1 saturated heterocycles. The highest BCUT2D eigenvalue weighted by Crippen LogP contribution is 2.46. The number of piperazine rings is 1. The fourth-order valence-corrected chi connectivity index (χ4v) is 5.71. The Morgan fingerprint density at radius 3 is 2.18 bits per heavy atom. The van der Waals surface area contributed by atoms with Crippen LogP contribution in [0.1, 0.15) is 45.7 Å². The summed E-state index contributed by atoms with van der Waals surface area (Å²) in [5, 5.41) is 2.59. The van der Waals surface area contributed by atoms with Crippen LogP contribution >= 0.6 is 11.8 Å². The zero-order valence-electron chi connectivity index (χ0n) is 22.6. The zero-order chi connectivity index (χ0) is 27.6. The quantitative estimate of drug-likeness (QED) is 0.484. The van der Waals surface area contributed by atoms with Gasteiger partial charge in [-0.1, -0.05) is 11.8 Å². The van der Waals surface area contributed by atoms with Crippen LogP contribution in [0.25, 0.3) is 0 Å². The molecule has 0 bridgehead atoms. The van der Waals surface area contributed by atoms with Gasteiger partial charge in [0, 0.05) is 44.9 Å². The minimum Gasteiger partial charge on any atom is -0.497 e. The zero-order valence-corrected chi connectivity index (χ0v) is 23.5. The highest BCUT2D eigenvalue weighted by molar-refractivity contribution is 8.16. The standard InChI is InChI=1S/C27H34N4O6S/c1-16(2)37-26(34)24-17(3)28-27-31(25(24)19-11-21(35-5)14-22(12-19)36-6)20(15-38-27)13-23(33)30-9-7-29(8-10-30)18(4)32/h11-12,14-16,25H,7-10,13H2,1-6H3. The summed E-state index contributed by atoms with van der Waals surface area (Å²) >= 11 is 1.42. The second-order valence-electron chi connectivity index (χ2n) is 9.56. The van der Waals surface area contributed by atoms with Gasteiger partial charge in [0.15, 0.2) is 5.17 Å². The molecule has 0 aromatic heterocycles. The van der Waals surface area contributed by atoms with E-state index in [1.54, 1.807) is 57.8 Å². The molecule has 1 aromatic carbocycles. The van der Waals surface area contributed by atoms with E-state index in [-0.39, 0.29) is 24.3 Å². The van der Waals surface area contributed by atoms with Gasteiger partial charge in [0.25, 0.3) is 0 Å². The van der Waals surface area contributed by atoms with Gasteiger partial charge in [-0.3, -0.25) is 9.59 Å². The number of hydrogen-bond donors (Lipinski definition) is 0. The normalized spacial score (nSPS) is 19.2. The first kappa shape index (κ1) is 27.6. The summed E-state index contributed by atoms with van der Waals surface area (Å²) in [6.45, 7) is 8.95. The number of nitrogens with zero attached hydrogens (tertiary/aromatic N) is 4. The van der Waals surface area contributed by atoms with Gasteiger partial charge >= 0.3 is 5.97 Å². The lowest BCUT2D eigenvalue weighted by atomic mass is 9.93. The third-order valence-corrected chi connectivity index (χ3v) is 7.55. The molecule has 204 valence electrons. The molecule has 1 fully saturated rings. The Balaban J connectivity index is 1.68. The fourth-order valence-electron chi connectivity index (χ4n) is 4.75. The highest BCUT2D eigenvalue weighted by atomic mass is 32.2. The average Bonchev–Trinajstić information content (AvgIpc) is 3.28. The Kier molecular flexibility index (Phi) is 8.35. The minimum atomic E-state index is -0.596. The van der Waals surface area contributed by atoms with Crippen LogP contribution in [0.15, 0.2) is 45.6 Å². The van der Waals surface area contributed by atoms with Gasteiger partial charge in [-0.25, -0.2) is 9.79 Å². The van der Waals surface area contributed by atoms with Crippen LogP contribution < -0.4 is 9.47 Å². The number of amidine groups is 1. The smallest absolute Gasteiger partial charge is 0.338 e. The molecular weight excluding hydrogens is 508 g/mol. The van der Waals surface area contributed by atoms with E-state index in [1.807, 2.05) is 22.4 Å². The summed E-state index contributed by atoms with van der Waals surface area (Å²) < 4.78 is 16.7. The first-order valence-electron chi connectivity index (χ1n) is 12.5. The molecule has 0 N–H and O–H groups in total. The number of benzene rings is 1. The molecule has 10 nitrogen and oxygen atoms in total. The Bertz CT molecular complexity index is 1190. The molecule has 0 spiro atoms. The van der Waals surface area contributed by atoms with E-state index < -0.39 is 12.0 Å². The number of carbonyl (C=O) groups is 3. The van der Waals surface area contributed by atoms with Crippen molar-refractivity contribution in [3.63, 3.8) is 0 Å². The van der Waals surface area contributed by atoms with Crippen molar-refractivity contribution in [3.05, 3.63) is 46.1 Å². The fraction of sp³-hybridized carbons (Fsp3) is 0.481. The van der Waals surface area contributed by atoms with Crippen molar-refractivity contribution in [2.45, 2.75) is 46.3 Å². The van der Waals surface area contributed by atoms with Crippen molar-refractivity contribution in [3.8, 4) is 11.5 Å². The first-order valence-corrected chi connectivity index (χ1v) is 13.4. The number of fused-ring (bicyclic) bond motifs is 1. The monoisotopic (exact) mass is 542 g/mol. The van der Waals surface area contributed by atoms with E-state index >= 15 is 0 Å². The van der Waals surface area contributed by atoms with Gasteiger partial charge in [0.1, 0.15) is 11.5 Å². The number of carbonyl (C=O) groups excluding carboxylic acids is 3. The number of aliphatic imine (C=N–C) groups is 1. The number of amides is 2. The third-order valence-electron chi connectivity index (χ3n) is 6.66. The van der Waals surface area contributed by atoms with Gasteiger partial charge in [-0.15, -0.1) is 0 Å². The number of thioether (sulfide) groups is 1. The van der Waals surface area contributed by atoms with Gasteiger partial charge < -0.3 is 28.9 Å². The third kappa shape index (κ3) is 5.67. The lowest BCUT2D eigenvalue weighted by Crippen LogP contribution is -2.50. The number of esters is 1. The molecule has 3 aliphatic rings. The molecule has 2 amide bonds. The number of rotatable bonds is 7. The summed E-state index contributed by atoms with van der Waals surface area (Å²) in [5.74, 6) is 0.667. The maximum atomic E-state index is 13.4. The van der Waals surface area contributed by atoms with Crippen LogP contribution in [0.3, 0.4) is 0 Å². The van der Waals surface area contributed by atoms with Crippen molar-refractivity contribution in [1.29, 1.82) is 0 Å². The van der Waals surface area contributed by atoms with Gasteiger partial charge in [0.05, 0.1) is 44.1 Å². The SMILES string of the molecule is COc1cc(OC)cc(C2C(C(=O)OC(C)C)=C(C)N=C3SC=C(CC(=O)N4CCN(C(C)=O)CC4)N32)c1. The van der Waals surface area contributed by atoms with Gasteiger partial charge in [-0.2, -0.15) is 0 Å². The summed E-state index contributed by atoms with van der Waals surface area (Å²) in [7, 11) is 3.14. The highest BCUT2D eigenvalue weighted by Gasteiger charge is 2.42. The maximum Gasteiger partial charge on any atom is 0.338 e. The molecule has 11 heteroatoms. The van der Waals surface area contributed by atoms with Crippen LogP contribution in [0.2, 0.25) is 0 Å². The predicted molar refractivity (Wildman–Crippen MR) is 145 cm³/mol. The Labute approximate surface area is 227 Å². The number of methoxy groups -OCH3 is 2. The predicted octanol–water partition coefficient (Wildman–Crippen LogP) is 3.31. The van der Waals surface area contributed by atoms with Crippen LogP contribution in [-0.2, 0) is 19.1 Å².